The summed E-state index contributed by atoms with van der Waals surface area (Å²) in [6.45, 7) is 4.88. The van der Waals surface area contributed by atoms with Gasteiger partial charge in [-0.15, -0.1) is 6.58 Å². The molecule has 0 saturated carbocycles. The molecule has 31 heavy (non-hydrogen) atoms. The number of aryl methyl sites for hydroxylation is 1. The molecule has 0 radical (unpaired) electrons. The van der Waals surface area contributed by atoms with Gasteiger partial charge in [0.15, 0.2) is 0 Å². The summed E-state index contributed by atoms with van der Waals surface area (Å²) >= 11 is 0. The molecule has 0 fully saturated rings. The zero-order valence-corrected chi connectivity index (χ0v) is 17.7. The highest BCUT2D eigenvalue weighted by Crippen LogP contribution is 2.12. The predicted molar refractivity (Wildman–Crippen MR) is 121 cm³/mol. The Morgan fingerprint density at radius 2 is 1.48 bits per heavy atom. The van der Waals surface area contributed by atoms with Crippen LogP contribution in [0.5, 0.6) is 0 Å². The Balaban J connectivity index is 1.67. The predicted octanol–water partition coefficient (Wildman–Crippen LogP) is 4.46. The molecule has 1 aromatic heterocycles. The summed E-state index contributed by atoms with van der Waals surface area (Å²) in [5.74, 6) is 0.514. The second-order valence-electron chi connectivity index (χ2n) is 7.36. The van der Waals surface area contributed by atoms with Crippen LogP contribution in [-0.2, 0) is 29.1 Å². The number of hydrogen-bond donors (Lipinski definition) is 0. The van der Waals surface area contributed by atoms with Crippen molar-refractivity contribution in [3.05, 3.63) is 109 Å². The third kappa shape index (κ3) is 7.00. The van der Waals surface area contributed by atoms with Crippen LogP contribution < -0.4 is 0 Å². The van der Waals surface area contributed by atoms with Gasteiger partial charge in [-0.05, 0) is 29.7 Å². The van der Waals surface area contributed by atoms with E-state index in [2.05, 4.69) is 6.58 Å². The van der Waals surface area contributed by atoms with Crippen LogP contribution in [0.15, 0.2) is 96.1 Å². The lowest BCUT2D eigenvalue weighted by atomic mass is 10.1. The summed E-state index contributed by atoms with van der Waals surface area (Å²) in [5.41, 5.74) is 2.12. The second kappa shape index (κ2) is 11.6. The molecule has 0 aliphatic rings. The van der Waals surface area contributed by atoms with E-state index in [1.54, 1.807) is 28.2 Å². The minimum absolute atomic E-state index is 0.00713. The van der Waals surface area contributed by atoms with Gasteiger partial charge in [0.1, 0.15) is 12.3 Å². The molecule has 0 aliphatic carbocycles. The molecule has 0 saturated heterocycles. The Hall–Kier alpha value is -3.60. The van der Waals surface area contributed by atoms with Crippen molar-refractivity contribution >= 4 is 11.8 Å². The molecule has 5 nitrogen and oxygen atoms in total. The molecule has 3 rings (SSSR count). The molecule has 0 unspecified atom stereocenters. The van der Waals surface area contributed by atoms with E-state index in [0.29, 0.717) is 38.2 Å². The van der Waals surface area contributed by atoms with Gasteiger partial charge in [0.2, 0.25) is 11.8 Å². The van der Waals surface area contributed by atoms with Crippen molar-refractivity contribution in [2.24, 2.45) is 0 Å². The van der Waals surface area contributed by atoms with Crippen molar-refractivity contribution < 1.29 is 14.0 Å². The van der Waals surface area contributed by atoms with Gasteiger partial charge in [-0.1, -0.05) is 66.7 Å². The normalized spacial score (nSPS) is 10.5. The monoisotopic (exact) mass is 416 g/mol. The van der Waals surface area contributed by atoms with Crippen LogP contribution in [0.1, 0.15) is 23.3 Å². The molecular formula is C26H28N2O3. The standard InChI is InChI=1S/C26H28N2O3/c1-2-17-27(25(29)16-15-22-10-5-3-6-11-22)21-26(30)28(20-24-14-9-18-31-24)19-23-12-7-4-8-13-23/h2-14,18H,1,15-17,19-21H2. The molecule has 0 aliphatic heterocycles. The van der Waals surface area contributed by atoms with E-state index >= 15 is 0 Å². The third-order valence-corrected chi connectivity index (χ3v) is 4.99. The maximum atomic E-state index is 13.2. The van der Waals surface area contributed by atoms with Crippen LogP contribution in [0.3, 0.4) is 0 Å². The van der Waals surface area contributed by atoms with Crippen LogP contribution in [0.2, 0.25) is 0 Å². The van der Waals surface area contributed by atoms with Crippen LogP contribution in [-0.4, -0.2) is 34.7 Å². The first-order chi connectivity index (χ1) is 15.2. The topological polar surface area (TPSA) is 53.8 Å². The van der Waals surface area contributed by atoms with E-state index < -0.39 is 0 Å². The number of carbonyl (C=O) groups excluding carboxylic acids is 2. The molecule has 1 heterocycles. The number of benzene rings is 2. The maximum absolute atomic E-state index is 13.2. The molecule has 0 atom stereocenters. The van der Waals surface area contributed by atoms with Crippen LogP contribution in [0, 0.1) is 0 Å². The summed E-state index contributed by atoms with van der Waals surface area (Å²) < 4.78 is 5.45. The summed E-state index contributed by atoms with van der Waals surface area (Å²) in [6.07, 6.45) is 4.24. The number of hydrogen-bond acceptors (Lipinski definition) is 3. The van der Waals surface area contributed by atoms with E-state index in [0.717, 1.165) is 11.1 Å². The lowest BCUT2D eigenvalue weighted by Crippen LogP contribution is -2.42. The van der Waals surface area contributed by atoms with Gasteiger partial charge < -0.3 is 14.2 Å². The van der Waals surface area contributed by atoms with Crippen molar-refractivity contribution in [3.63, 3.8) is 0 Å². The Bertz CT molecular complexity index is 953. The average Bonchev–Trinajstić information content (AvgIpc) is 3.31. The van der Waals surface area contributed by atoms with Crippen LogP contribution >= 0.6 is 0 Å². The SMILES string of the molecule is C=CCN(CC(=O)N(Cc1ccccc1)Cc1ccco1)C(=O)CCc1ccccc1. The lowest BCUT2D eigenvalue weighted by molar-refractivity contribution is -0.141. The molecule has 5 heteroatoms. The minimum atomic E-state index is -0.129. The smallest absolute Gasteiger partial charge is 0.242 e. The molecule has 0 N–H and O–H groups in total. The van der Waals surface area contributed by atoms with Crippen LogP contribution in [0.4, 0.5) is 0 Å². The van der Waals surface area contributed by atoms with E-state index in [4.69, 9.17) is 4.42 Å². The molecule has 3 aromatic rings. The fraction of sp³-hybridized carbons (Fsp3) is 0.231. The van der Waals surface area contributed by atoms with E-state index in [-0.39, 0.29) is 18.4 Å². The Kier molecular flexibility index (Phi) is 8.23. The first-order valence-corrected chi connectivity index (χ1v) is 10.4. The van der Waals surface area contributed by atoms with Gasteiger partial charge in [0, 0.05) is 19.5 Å². The van der Waals surface area contributed by atoms with Crippen molar-refractivity contribution in [1.29, 1.82) is 0 Å². The Morgan fingerprint density at radius 3 is 2.10 bits per heavy atom. The van der Waals surface area contributed by atoms with Crippen molar-refractivity contribution in [3.8, 4) is 0 Å². The summed E-state index contributed by atoms with van der Waals surface area (Å²) in [4.78, 5) is 29.3. The van der Waals surface area contributed by atoms with E-state index in [9.17, 15) is 9.59 Å². The molecular weight excluding hydrogens is 388 g/mol. The highest BCUT2D eigenvalue weighted by Gasteiger charge is 2.21. The van der Waals surface area contributed by atoms with Crippen molar-refractivity contribution in [2.45, 2.75) is 25.9 Å². The zero-order chi connectivity index (χ0) is 21.9. The van der Waals surface area contributed by atoms with E-state index in [1.807, 2.05) is 66.7 Å². The minimum Gasteiger partial charge on any atom is -0.467 e. The molecule has 2 amide bonds. The van der Waals surface area contributed by atoms with Gasteiger partial charge in [-0.3, -0.25) is 9.59 Å². The molecule has 0 bridgehead atoms. The molecule has 0 spiro atoms. The third-order valence-electron chi connectivity index (χ3n) is 4.99. The van der Waals surface area contributed by atoms with Gasteiger partial charge >= 0.3 is 0 Å². The highest BCUT2D eigenvalue weighted by atomic mass is 16.3. The fourth-order valence-electron chi connectivity index (χ4n) is 3.35. The molecule has 160 valence electrons. The summed E-state index contributed by atoms with van der Waals surface area (Å²) in [7, 11) is 0. The van der Waals surface area contributed by atoms with Crippen LogP contribution in [0.25, 0.3) is 0 Å². The van der Waals surface area contributed by atoms with Crippen molar-refractivity contribution in [2.75, 3.05) is 13.1 Å². The van der Waals surface area contributed by atoms with E-state index in [1.165, 1.54) is 0 Å². The van der Waals surface area contributed by atoms with Gasteiger partial charge in [0.25, 0.3) is 0 Å². The van der Waals surface area contributed by atoms with Gasteiger partial charge in [-0.25, -0.2) is 0 Å². The number of furan rings is 1. The summed E-state index contributed by atoms with van der Waals surface area (Å²) in [5, 5.41) is 0. The quantitative estimate of drug-likeness (QED) is 0.434. The van der Waals surface area contributed by atoms with Gasteiger partial charge in [0.05, 0.1) is 12.8 Å². The number of carbonyl (C=O) groups is 2. The first-order valence-electron chi connectivity index (χ1n) is 10.4. The Morgan fingerprint density at radius 1 is 0.806 bits per heavy atom. The fourth-order valence-corrected chi connectivity index (χ4v) is 3.35. The number of amides is 2. The largest absolute Gasteiger partial charge is 0.467 e. The second-order valence-corrected chi connectivity index (χ2v) is 7.36. The lowest BCUT2D eigenvalue weighted by Gasteiger charge is -2.27. The number of nitrogens with zero attached hydrogens (tertiary/aromatic N) is 2. The molecule has 2 aromatic carbocycles. The highest BCUT2D eigenvalue weighted by molar-refractivity contribution is 5.85. The number of rotatable bonds is 11. The Labute approximate surface area is 183 Å². The summed E-state index contributed by atoms with van der Waals surface area (Å²) in [6, 6.07) is 23.3. The van der Waals surface area contributed by atoms with Crippen molar-refractivity contribution in [1.82, 2.24) is 9.80 Å². The zero-order valence-electron chi connectivity index (χ0n) is 17.7. The maximum Gasteiger partial charge on any atom is 0.242 e. The first kappa shape index (κ1) is 22.1. The van der Waals surface area contributed by atoms with Gasteiger partial charge in [-0.2, -0.15) is 0 Å². The average molecular weight is 417 g/mol.